The summed E-state index contributed by atoms with van der Waals surface area (Å²) in [6.07, 6.45) is 0. The number of hydrogen-bond donors (Lipinski definition) is 0. The molecular formula is C52H33NO. The smallest absolute Gasteiger partial charge is 0.137 e. The molecule has 0 aliphatic rings. The number of fused-ring (bicyclic) bond motifs is 10. The van der Waals surface area contributed by atoms with Gasteiger partial charge < -0.3 is 9.32 Å². The molecule has 0 N–H and O–H groups in total. The van der Waals surface area contributed by atoms with Crippen molar-refractivity contribution in [2.75, 3.05) is 4.90 Å². The number of rotatable bonds is 5. The summed E-state index contributed by atoms with van der Waals surface area (Å²) < 4.78 is 6.40. The largest absolute Gasteiger partial charge is 0.456 e. The van der Waals surface area contributed by atoms with Gasteiger partial charge in [0.1, 0.15) is 11.2 Å². The summed E-state index contributed by atoms with van der Waals surface area (Å²) in [5.41, 5.74) is 9.73. The topological polar surface area (TPSA) is 16.4 Å². The van der Waals surface area contributed by atoms with Gasteiger partial charge in [-0.1, -0.05) is 164 Å². The van der Waals surface area contributed by atoms with Gasteiger partial charge in [0, 0.05) is 16.6 Å². The van der Waals surface area contributed by atoms with Gasteiger partial charge in [-0.15, -0.1) is 0 Å². The molecule has 0 unspecified atom stereocenters. The van der Waals surface area contributed by atoms with Gasteiger partial charge >= 0.3 is 0 Å². The summed E-state index contributed by atoms with van der Waals surface area (Å²) in [5.74, 6) is 0. The highest BCUT2D eigenvalue weighted by Crippen LogP contribution is 2.46. The van der Waals surface area contributed by atoms with Crippen LogP contribution < -0.4 is 4.90 Å². The molecule has 0 bridgehead atoms. The van der Waals surface area contributed by atoms with Crippen LogP contribution in [0.3, 0.4) is 0 Å². The first-order valence-corrected chi connectivity index (χ1v) is 18.5. The Morgan fingerprint density at radius 1 is 0.296 bits per heavy atom. The fourth-order valence-electron chi connectivity index (χ4n) is 8.60. The van der Waals surface area contributed by atoms with E-state index in [9.17, 15) is 0 Å². The van der Waals surface area contributed by atoms with Gasteiger partial charge in [0.25, 0.3) is 0 Å². The fraction of sp³-hybridized carbons (Fsp3) is 0. The summed E-state index contributed by atoms with van der Waals surface area (Å²) >= 11 is 0. The SMILES string of the molecule is c1ccc(-c2ccccc2N(c2ccc(-c3cccc4c3ccc3ccc5ccc6ccccc6c5c34)cc2)c2cccc3oc4ccccc4c23)cc1. The monoisotopic (exact) mass is 687 g/mol. The Labute approximate surface area is 312 Å². The molecule has 1 heterocycles. The lowest BCUT2D eigenvalue weighted by Gasteiger charge is -2.28. The maximum Gasteiger partial charge on any atom is 0.137 e. The molecule has 252 valence electrons. The van der Waals surface area contributed by atoms with E-state index < -0.39 is 0 Å². The molecule has 2 nitrogen and oxygen atoms in total. The molecule has 0 saturated heterocycles. The summed E-state index contributed by atoms with van der Waals surface area (Å²) in [7, 11) is 0. The molecule has 0 fully saturated rings. The molecule has 11 aromatic rings. The van der Waals surface area contributed by atoms with E-state index in [1.165, 1.54) is 59.8 Å². The van der Waals surface area contributed by atoms with Crippen molar-refractivity contribution in [1.82, 2.24) is 0 Å². The zero-order valence-electron chi connectivity index (χ0n) is 29.4. The second-order valence-electron chi connectivity index (χ2n) is 14.0. The van der Waals surface area contributed by atoms with Crippen LogP contribution in [0.4, 0.5) is 17.1 Å². The van der Waals surface area contributed by atoms with Crippen molar-refractivity contribution in [1.29, 1.82) is 0 Å². The highest BCUT2D eigenvalue weighted by atomic mass is 16.3. The van der Waals surface area contributed by atoms with E-state index in [1.54, 1.807) is 0 Å². The molecule has 11 rings (SSSR count). The third kappa shape index (κ3) is 4.74. The van der Waals surface area contributed by atoms with Crippen LogP contribution >= 0.6 is 0 Å². The molecule has 0 atom stereocenters. The number of benzene rings is 10. The quantitative estimate of drug-likeness (QED) is 0.168. The minimum atomic E-state index is 0.871. The number of para-hydroxylation sites is 2. The van der Waals surface area contributed by atoms with Crippen molar-refractivity contribution in [3.05, 3.63) is 200 Å². The highest BCUT2D eigenvalue weighted by molar-refractivity contribution is 6.28. The van der Waals surface area contributed by atoms with Gasteiger partial charge in [-0.25, -0.2) is 0 Å². The van der Waals surface area contributed by atoms with Gasteiger partial charge in [-0.2, -0.15) is 0 Å². The van der Waals surface area contributed by atoms with E-state index in [0.717, 1.165) is 44.6 Å². The maximum absolute atomic E-state index is 6.40. The van der Waals surface area contributed by atoms with E-state index in [2.05, 4.69) is 199 Å². The van der Waals surface area contributed by atoms with Crippen molar-refractivity contribution in [2.24, 2.45) is 0 Å². The van der Waals surface area contributed by atoms with Gasteiger partial charge in [0.15, 0.2) is 0 Å². The molecule has 0 spiro atoms. The van der Waals surface area contributed by atoms with Crippen LogP contribution in [0.15, 0.2) is 205 Å². The van der Waals surface area contributed by atoms with Gasteiger partial charge in [0.2, 0.25) is 0 Å². The lowest BCUT2D eigenvalue weighted by molar-refractivity contribution is 0.669. The zero-order chi connectivity index (χ0) is 35.6. The molecular weight excluding hydrogens is 655 g/mol. The maximum atomic E-state index is 6.40. The van der Waals surface area contributed by atoms with Crippen molar-refractivity contribution in [3.63, 3.8) is 0 Å². The van der Waals surface area contributed by atoms with Crippen LogP contribution in [0.25, 0.3) is 87.3 Å². The molecule has 0 saturated carbocycles. The minimum absolute atomic E-state index is 0.871. The Morgan fingerprint density at radius 3 is 1.72 bits per heavy atom. The van der Waals surface area contributed by atoms with Crippen molar-refractivity contribution in [2.45, 2.75) is 0 Å². The van der Waals surface area contributed by atoms with E-state index in [4.69, 9.17) is 4.42 Å². The molecule has 0 aliphatic carbocycles. The first kappa shape index (κ1) is 30.5. The lowest BCUT2D eigenvalue weighted by atomic mass is 9.90. The molecule has 0 amide bonds. The van der Waals surface area contributed by atoms with Crippen LogP contribution in [0.5, 0.6) is 0 Å². The Balaban J connectivity index is 1.12. The van der Waals surface area contributed by atoms with Gasteiger partial charge in [-0.05, 0) is 96.2 Å². The molecule has 1 aromatic heterocycles. The Bertz CT molecular complexity index is 3210. The summed E-state index contributed by atoms with van der Waals surface area (Å²) in [5, 5.41) is 12.4. The Kier molecular flexibility index (Phi) is 6.90. The van der Waals surface area contributed by atoms with Gasteiger partial charge in [0.05, 0.1) is 16.8 Å². The molecule has 0 radical (unpaired) electrons. The van der Waals surface area contributed by atoms with Gasteiger partial charge in [-0.3, -0.25) is 0 Å². The normalized spacial score (nSPS) is 11.7. The van der Waals surface area contributed by atoms with E-state index in [1.807, 2.05) is 6.07 Å². The lowest BCUT2D eigenvalue weighted by Crippen LogP contribution is -2.11. The van der Waals surface area contributed by atoms with Crippen LogP contribution in [0.2, 0.25) is 0 Å². The third-order valence-corrected chi connectivity index (χ3v) is 11.0. The number of nitrogens with zero attached hydrogens (tertiary/aromatic N) is 1. The standard InChI is InChI=1S/C52H33NO/c1-2-12-34(13-3-1)41-15-6-8-20-46(41)53(47-21-11-23-49-52(47)45-17-7-9-22-48(45)54-49)39-31-28-36(29-32-39)40-18-10-19-44-43(40)33-30-38-27-26-37-25-24-35-14-4-5-16-42(35)50(37)51(38)44/h1-33H. The Hall–Kier alpha value is -7.16. The first-order chi connectivity index (χ1) is 26.8. The van der Waals surface area contributed by atoms with Crippen molar-refractivity contribution in [3.8, 4) is 22.3 Å². The molecule has 10 aromatic carbocycles. The average molecular weight is 688 g/mol. The van der Waals surface area contributed by atoms with Crippen LogP contribution in [-0.4, -0.2) is 0 Å². The van der Waals surface area contributed by atoms with E-state index in [0.29, 0.717) is 0 Å². The van der Waals surface area contributed by atoms with E-state index >= 15 is 0 Å². The van der Waals surface area contributed by atoms with Crippen molar-refractivity contribution >= 4 is 82.1 Å². The molecule has 0 aliphatic heterocycles. The molecule has 2 heteroatoms. The second-order valence-corrected chi connectivity index (χ2v) is 14.0. The minimum Gasteiger partial charge on any atom is -0.456 e. The summed E-state index contributed by atoms with van der Waals surface area (Å²) in [4.78, 5) is 2.39. The van der Waals surface area contributed by atoms with Crippen LogP contribution in [-0.2, 0) is 0 Å². The number of hydrogen-bond acceptors (Lipinski definition) is 2. The predicted octanol–water partition coefficient (Wildman–Crippen LogP) is 15.0. The zero-order valence-corrected chi connectivity index (χ0v) is 29.4. The highest BCUT2D eigenvalue weighted by Gasteiger charge is 2.22. The number of anilines is 3. The van der Waals surface area contributed by atoms with Crippen LogP contribution in [0.1, 0.15) is 0 Å². The predicted molar refractivity (Wildman–Crippen MR) is 229 cm³/mol. The van der Waals surface area contributed by atoms with E-state index in [-0.39, 0.29) is 0 Å². The average Bonchev–Trinajstić information content (AvgIpc) is 3.63. The second kappa shape index (κ2) is 12.2. The Morgan fingerprint density at radius 2 is 0.870 bits per heavy atom. The number of furan rings is 1. The van der Waals surface area contributed by atoms with Crippen molar-refractivity contribution < 1.29 is 4.42 Å². The van der Waals surface area contributed by atoms with Crippen LogP contribution in [0, 0.1) is 0 Å². The molecule has 54 heavy (non-hydrogen) atoms. The fourth-order valence-corrected chi connectivity index (χ4v) is 8.60. The third-order valence-electron chi connectivity index (χ3n) is 11.0. The summed E-state index contributed by atoms with van der Waals surface area (Å²) in [6, 6.07) is 72.2. The first-order valence-electron chi connectivity index (χ1n) is 18.5. The summed E-state index contributed by atoms with van der Waals surface area (Å²) in [6.45, 7) is 0.